The monoisotopic (exact) mass is 384 g/mol. The summed E-state index contributed by atoms with van der Waals surface area (Å²) in [5, 5.41) is 24.9. The van der Waals surface area contributed by atoms with Gasteiger partial charge < -0.3 is 20.8 Å². The molecule has 4 N–H and O–H groups in total. The summed E-state index contributed by atoms with van der Waals surface area (Å²) >= 11 is 0. The highest BCUT2D eigenvalue weighted by Crippen LogP contribution is 2.16. The smallest absolute Gasteiger partial charge is 0.255 e. The number of amides is 2. The predicted octanol–water partition coefficient (Wildman–Crippen LogP) is 3.60. The maximum Gasteiger partial charge on any atom is 0.255 e. The number of benzene rings is 2. The van der Waals surface area contributed by atoms with E-state index < -0.39 is 0 Å². The number of rotatable bonds is 11. The molecule has 0 heterocycles. The highest BCUT2D eigenvalue weighted by molar-refractivity contribution is 5.97. The molecule has 2 aromatic carbocycles. The van der Waals surface area contributed by atoms with Gasteiger partial charge in [0.15, 0.2) is 0 Å². The Labute approximate surface area is 165 Å². The number of carbonyl (C=O) groups excluding carboxylic acids is 2. The molecular weight excluding hydrogens is 356 g/mol. The number of unbranched alkanes of at least 4 members (excludes halogenated alkanes) is 5. The molecule has 2 rings (SSSR count). The molecule has 0 aliphatic rings. The van der Waals surface area contributed by atoms with Crippen molar-refractivity contribution in [2.45, 2.75) is 38.5 Å². The minimum absolute atomic E-state index is 0.00503. The zero-order chi connectivity index (χ0) is 20.2. The highest BCUT2D eigenvalue weighted by Gasteiger charge is 2.09. The van der Waals surface area contributed by atoms with Gasteiger partial charge in [0.25, 0.3) is 11.8 Å². The van der Waals surface area contributed by atoms with E-state index in [0.717, 1.165) is 38.5 Å². The van der Waals surface area contributed by atoms with Crippen molar-refractivity contribution in [1.82, 2.24) is 10.6 Å². The van der Waals surface area contributed by atoms with Crippen LogP contribution in [-0.2, 0) is 0 Å². The maximum atomic E-state index is 11.9. The molecule has 0 saturated heterocycles. The molecular formula is C22H28N2O4. The van der Waals surface area contributed by atoms with Crippen LogP contribution < -0.4 is 10.6 Å². The van der Waals surface area contributed by atoms with Crippen LogP contribution >= 0.6 is 0 Å². The molecule has 0 atom stereocenters. The lowest BCUT2D eigenvalue weighted by atomic mass is 10.1. The van der Waals surface area contributed by atoms with Crippen molar-refractivity contribution >= 4 is 11.8 Å². The number of aromatic hydroxyl groups is 2. The van der Waals surface area contributed by atoms with E-state index in [2.05, 4.69) is 10.6 Å². The summed E-state index contributed by atoms with van der Waals surface area (Å²) in [6.07, 6.45) is 5.96. The molecule has 0 unspecified atom stereocenters. The lowest BCUT2D eigenvalue weighted by molar-refractivity contribution is 0.0941. The number of nitrogens with one attached hydrogen (secondary N) is 2. The average molecular weight is 384 g/mol. The fraction of sp³-hybridized carbons (Fsp3) is 0.364. The van der Waals surface area contributed by atoms with Crippen molar-refractivity contribution in [3.63, 3.8) is 0 Å². The van der Waals surface area contributed by atoms with Crippen molar-refractivity contribution in [1.29, 1.82) is 0 Å². The number of phenols is 2. The molecule has 0 saturated carbocycles. The van der Waals surface area contributed by atoms with Gasteiger partial charge in [-0.25, -0.2) is 0 Å². The molecule has 0 radical (unpaired) electrons. The second-order valence-corrected chi connectivity index (χ2v) is 6.67. The standard InChI is InChI=1S/C22H28N2O4/c25-19-13-7-5-11-17(19)21(27)23-15-9-3-1-2-4-10-16-24-22(28)18-12-6-8-14-20(18)26/h5-8,11-14,25-26H,1-4,9-10,15-16H2,(H,23,27)(H,24,28). The fourth-order valence-corrected chi connectivity index (χ4v) is 2.88. The molecule has 0 aliphatic carbocycles. The summed E-state index contributed by atoms with van der Waals surface area (Å²) in [5.41, 5.74) is 0.599. The van der Waals surface area contributed by atoms with Gasteiger partial charge in [0.05, 0.1) is 11.1 Å². The molecule has 0 fully saturated rings. The second kappa shape index (κ2) is 11.6. The fourth-order valence-electron chi connectivity index (χ4n) is 2.88. The molecule has 28 heavy (non-hydrogen) atoms. The third-order valence-electron chi connectivity index (χ3n) is 4.47. The summed E-state index contributed by atoms with van der Waals surface area (Å²) in [6, 6.07) is 13.0. The van der Waals surface area contributed by atoms with E-state index in [9.17, 15) is 19.8 Å². The van der Waals surface area contributed by atoms with Gasteiger partial charge in [0, 0.05) is 13.1 Å². The molecule has 150 valence electrons. The third kappa shape index (κ3) is 6.95. The van der Waals surface area contributed by atoms with Crippen LogP contribution in [-0.4, -0.2) is 35.1 Å². The predicted molar refractivity (Wildman–Crippen MR) is 109 cm³/mol. The molecule has 2 amide bonds. The summed E-state index contributed by atoms with van der Waals surface area (Å²) < 4.78 is 0. The van der Waals surface area contributed by atoms with Gasteiger partial charge >= 0.3 is 0 Å². The van der Waals surface area contributed by atoms with Crippen LogP contribution in [0.1, 0.15) is 59.2 Å². The van der Waals surface area contributed by atoms with Gasteiger partial charge in [-0.3, -0.25) is 9.59 Å². The van der Waals surface area contributed by atoms with Gasteiger partial charge in [0.1, 0.15) is 11.5 Å². The van der Waals surface area contributed by atoms with Crippen LogP contribution in [0, 0.1) is 0 Å². The van der Waals surface area contributed by atoms with E-state index in [4.69, 9.17) is 0 Å². The molecule has 0 aromatic heterocycles. The highest BCUT2D eigenvalue weighted by atomic mass is 16.3. The third-order valence-corrected chi connectivity index (χ3v) is 4.47. The van der Waals surface area contributed by atoms with Crippen LogP contribution in [0.2, 0.25) is 0 Å². The molecule has 0 spiro atoms. The van der Waals surface area contributed by atoms with E-state index in [0.29, 0.717) is 24.2 Å². The zero-order valence-corrected chi connectivity index (χ0v) is 16.0. The van der Waals surface area contributed by atoms with Crippen LogP contribution in [0.4, 0.5) is 0 Å². The van der Waals surface area contributed by atoms with E-state index >= 15 is 0 Å². The summed E-state index contributed by atoms with van der Waals surface area (Å²) in [5.74, 6) is -0.513. The SMILES string of the molecule is O=C(NCCCCCCCCNC(=O)c1ccccc1O)c1ccccc1O. The number of hydrogen-bond donors (Lipinski definition) is 4. The van der Waals surface area contributed by atoms with E-state index in [1.807, 2.05) is 0 Å². The van der Waals surface area contributed by atoms with Crippen LogP contribution in [0.5, 0.6) is 11.5 Å². The first-order chi connectivity index (χ1) is 13.6. The Balaban J connectivity index is 1.47. The Morgan fingerprint density at radius 2 is 0.964 bits per heavy atom. The van der Waals surface area contributed by atoms with Crippen molar-refractivity contribution in [3.8, 4) is 11.5 Å². The Morgan fingerprint density at radius 3 is 1.36 bits per heavy atom. The van der Waals surface area contributed by atoms with Crippen molar-refractivity contribution in [2.24, 2.45) is 0 Å². The van der Waals surface area contributed by atoms with Gasteiger partial charge in [-0.1, -0.05) is 49.9 Å². The topological polar surface area (TPSA) is 98.7 Å². The Morgan fingerprint density at radius 1 is 0.607 bits per heavy atom. The minimum atomic E-state index is -0.252. The lowest BCUT2D eigenvalue weighted by Crippen LogP contribution is -2.24. The Hall–Kier alpha value is -3.02. The molecule has 0 bridgehead atoms. The van der Waals surface area contributed by atoms with Crippen LogP contribution in [0.15, 0.2) is 48.5 Å². The first kappa shape index (κ1) is 21.3. The van der Waals surface area contributed by atoms with Crippen molar-refractivity contribution < 1.29 is 19.8 Å². The number of phenolic OH excluding ortho intramolecular Hbond substituents is 2. The average Bonchev–Trinajstić information content (AvgIpc) is 2.69. The molecule has 0 aliphatic heterocycles. The first-order valence-corrected chi connectivity index (χ1v) is 9.72. The van der Waals surface area contributed by atoms with E-state index in [-0.39, 0.29) is 23.3 Å². The summed E-state index contributed by atoms with van der Waals surface area (Å²) in [4.78, 5) is 23.9. The minimum Gasteiger partial charge on any atom is -0.507 e. The van der Waals surface area contributed by atoms with Gasteiger partial charge in [-0.15, -0.1) is 0 Å². The summed E-state index contributed by atoms with van der Waals surface area (Å²) in [7, 11) is 0. The molecule has 2 aromatic rings. The van der Waals surface area contributed by atoms with Crippen LogP contribution in [0.3, 0.4) is 0 Å². The molecule has 6 nitrogen and oxygen atoms in total. The quantitative estimate of drug-likeness (QED) is 0.445. The van der Waals surface area contributed by atoms with Gasteiger partial charge in [-0.2, -0.15) is 0 Å². The zero-order valence-electron chi connectivity index (χ0n) is 16.0. The Kier molecular flexibility index (Phi) is 8.85. The van der Waals surface area contributed by atoms with E-state index in [1.54, 1.807) is 36.4 Å². The van der Waals surface area contributed by atoms with Crippen LogP contribution in [0.25, 0.3) is 0 Å². The van der Waals surface area contributed by atoms with Crippen molar-refractivity contribution in [2.75, 3.05) is 13.1 Å². The number of carbonyl (C=O) groups is 2. The van der Waals surface area contributed by atoms with Gasteiger partial charge in [-0.05, 0) is 37.1 Å². The Bertz CT molecular complexity index is 711. The first-order valence-electron chi connectivity index (χ1n) is 9.72. The molecule has 6 heteroatoms. The number of hydrogen-bond acceptors (Lipinski definition) is 4. The summed E-state index contributed by atoms with van der Waals surface area (Å²) in [6.45, 7) is 1.17. The number of para-hydroxylation sites is 2. The largest absolute Gasteiger partial charge is 0.507 e. The van der Waals surface area contributed by atoms with Crippen molar-refractivity contribution in [3.05, 3.63) is 59.7 Å². The maximum absolute atomic E-state index is 11.9. The second-order valence-electron chi connectivity index (χ2n) is 6.67. The normalized spacial score (nSPS) is 10.4. The van der Waals surface area contributed by atoms with E-state index in [1.165, 1.54) is 12.1 Å². The van der Waals surface area contributed by atoms with Gasteiger partial charge in [0.2, 0.25) is 0 Å². The lowest BCUT2D eigenvalue weighted by Gasteiger charge is -2.07.